The number of ether oxygens (including phenoxy) is 3. The van der Waals surface area contributed by atoms with Crippen LogP contribution >= 0.6 is 0 Å². The highest BCUT2D eigenvalue weighted by Gasteiger charge is 2.36. The third-order valence-corrected chi connectivity index (χ3v) is 9.54. The number of nitrogens with zero attached hydrogens (tertiary/aromatic N) is 3. The van der Waals surface area contributed by atoms with Gasteiger partial charge in [-0.3, -0.25) is 0 Å². The molecule has 3 atom stereocenters. The van der Waals surface area contributed by atoms with Gasteiger partial charge in [0.25, 0.3) is 0 Å². The molecule has 2 aliphatic rings. The van der Waals surface area contributed by atoms with Crippen molar-refractivity contribution >= 4 is 27.9 Å². The Labute approximate surface area is 260 Å². The first-order valence-electron chi connectivity index (χ1n) is 15.1. The third-order valence-electron chi connectivity index (χ3n) is 7.70. The fraction of sp³-hybridized carbons (Fsp3) is 0.548. The van der Waals surface area contributed by atoms with Gasteiger partial charge in [-0.25, -0.2) is 18.0 Å². The third kappa shape index (κ3) is 9.55. The summed E-state index contributed by atoms with van der Waals surface area (Å²) in [5, 5.41) is 2.91. The molecule has 0 radical (unpaired) electrons. The number of nitrogens with one attached hydrogen (secondary N) is 1. The Hall–Kier alpha value is -3.39. The van der Waals surface area contributed by atoms with E-state index in [1.165, 1.54) is 28.6 Å². The molecule has 242 valence electrons. The van der Waals surface area contributed by atoms with Crippen molar-refractivity contribution in [1.82, 2.24) is 19.4 Å². The quantitative estimate of drug-likeness (QED) is 0.338. The molecule has 44 heavy (non-hydrogen) atoms. The number of amides is 2. The molecule has 4 rings (SSSR count). The van der Waals surface area contributed by atoms with Crippen LogP contribution in [0.1, 0.15) is 25.8 Å². The number of hydrogen-bond acceptors (Lipinski definition) is 9. The Bertz CT molecular complexity index is 1310. The second-order valence-corrected chi connectivity index (χ2v) is 13.8. The number of piperazine rings is 1. The minimum absolute atomic E-state index is 0.0413. The van der Waals surface area contributed by atoms with Crippen LogP contribution in [0, 0.1) is 5.92 Å². The SMILES string of the molecule is CC(C)CN(C[C@@H](OC(=O)N1CCN(C)CC1)[C@H](Cc1ccccc1)NC(=O)O[C@H]1CCOC1)S(=O)(=O)c1ccc(N)cc1. The number of nitrogen functional groups attached to an aromatic ring is 1. The maximum Gasteiger partial charge on any atom is 0.410 e. The molecule has 0 aliphatic carbocycles. The predicted octanol–water partition coefficient (Wildman–Crippen LogP) is 2.79. The van der Waals surface area contributed by atoms with Gasteiger partial charge in [-0.05, 0) is 49.2 Å². The average molecular weight is 632 g/mol. The summed E-state index contributed by atoms with van der Waals surface area (Å²) < 4.78 is 46.4. The van der Waals surface area contributed by atoms with E-state index in [0.29, 0.717) is 51.5 Å². The Kier molecular flexibility index (Phi) is 11.8. The summed E-state index contributed by atoms with van der Waals surface area (Å²) >= 11 is 0. The average Bonchev–Trinajstić information content (AvgIpc) is 3.50. The van der Waals surface area contributed by atoms with Crippen molar-refractivity contribution in [3.05, 3.63) is 60.2 Å². The number of benzene rings is 2. The molecule has 2 aliphatic heterocycles. The summed E-state index contributed by atoms with van der Waals surface area (Å²) in [7, 11) is -2.04. The van der Waals surface area contributed by atoms with E-state index in [9.17, 15) is 18.0 Å². The number of nitrogens with two attached hydrogens (primary N) is 1. The van der Waals surface area contributed by atoms with Gasteiger partial charge in [-0.2, -0.15) is 4.31 Å². The second-order valence-electron chi connectivity index (χ2n) is 11.8. The number of anilines is 1. The molecule has 2 aromatic carbocycles. The lowest BCUT2D eigenvalue weighted by Crippen LogP contribution is -2.55. The first-order chi connectivity index (χ1) is 21.0. The van der Waals surface area contributed by atoms with Crippen LogP contribution in [-0.2, 0) is 30.7 Å². The highest BCUT2D eigenvalue weighted by molar-refractivity contribution is 7.89. The molecule has 0 aromatic heterocycles. The van der Waals surface area contributed by atoms with Crippen LogP contribution in [0.15, 0.2) is 59.5 Å². The van der Waals surface area contributed by atoms with Gasteiger partial charge in [0.1, 0.15) is 12.2 Å². The lowest BCUT2D eigenvalue weighted by Gasteiger charge is -2.36. The monoisotopic (exact) mass is 631 g/mol. The van der Waals surface area contributed by atoms with E-state index in [2.05, 4.69) is 10.2 Å². The highest BCUT2D eigenvalue weighted by atomic mass is 32.2. The lowest BCUT2D eigenvalue weighted by atomic mass is 10.0. The molecule has 0 saturated carbocycles. The van der Waals surface area contributed by atoms with Crippen LogP contribution in [0.25, 0.3) is 0 Å². The number of hydrogen-bond donors (Lipinski definition) is 2. The highest BCUT2D eigenvalue weighted by Crippen LogP contribution is 2.22. The molecule has 2 aromatic rings. The normalized spacial score (nSPS) is 19.1. The van der Waals surface area contributed by atoms with Gasteiger partial charge in [0.15, 0.2) is 0 Å². The Morgan fingerprint density at radius 3 is 2.34 bits per heavy atom. The van der Waals surface area contributed by atoms with E-state index in [1.54, 1.807) is 4.90 Å². The Morgan fingerprint density at radius 2 is 1.73 bits per heavy atom. The molecular formula is C31H45N5O7S. The molecule has 12 nitrogen and oxygen atoms in total. The molecule has 0 spiro atoms. The topological polar surface area (TPSA) is 144 Å². The summed E-state index contributed by atoms with van der Waals surface area (Å²) in [6, 6.07) is 14.6. The first kappa shape index (κ1) is 33.5. The molecule has 13 heteroatoms. The fourth-order valence-corrected chi connectivity index (χ4v) is 6.81. The van der Waals surface area contributed by atoms with Crippen molar-refractivity contribution in [3.63, 3.8) is 0 Å². The van der Waals surface area contributed by atoms with E-state index < -0.39 is 34.4 Å². The van der Waals surface area contributed by atoms with Gasteiger partial charge in [0.05, 0.1) is 30.7 Å². The number of alkyl carbamates (subject to hydrolysis) is 1. The van der Waals surface area contributed by atoms with E-state index in [1.807, 2.05) is 51.2 Å². The maximum absolute atomic E-state index is 14.0. The van der Waals surface area contributed by atoms with Crippen LogP contribution in [0.5, 0.6) is 0 Å². The van der Waals surface area contributed by atoms with Gasteiger partial charge in [-0.1, -0.05) is 44.2 Å². The molecule has 3 N–H and O–H groups in total. The van der Waals surface area contributed by atoms with E-state index >= 15 is 0 Å². The van der Waals surface area contributed by atoms with Crippen LogP contribution in [0.3, 0.4) is 0 Å². The Morgan fingerprint density at radius 1 is 1.05 bits per heavy atom. The molecule has 0 bridgehead atoms. The zero-order chi connectivity index (χ0) is 31.7. The lowest BCUT2D eigenvalue weighted by molar-refractivity contribution is 0.0219. The molecule has 0 unspecified atom stereocenters. The van der Waals surface area contributed by atoms with Crippen molar-refractivity contribution in [3.8, 4) is 0 Å². The molecule has 2 amide bonds. The smallest absolute Gasteiger partial charge is 0.410 e. The van der Waals surface area contributed by atoms with Crippen molar-refractivity contribution < 1.29 is 32.2 Å². The number of sulfonamides is 1. The fourth-order valence-electron chi connectivity index (χ4n) is 5.19. The maximum atomic E-state index is 14.0. The predicted molar refractivity (Wildman–Crippen MR) is 167 cm³/mol. The van der Waals surface area contributed by atoms with Gasteiger partial charge >= 0.3 is 12.2 Å². The van der Waals surface area contributed by atoms with Gasteiger partial charge in [-0.15, -0.1) is 0 Å². The zero-order valence-corrected chi connectivity index (χ0v) is 26.6. The largest absolute Gasteiger partial charge is 0.444 e. The standard InChI is InChI=1S/C31H45N5O7S/c1-23(2)20-36(44(39,40)27-11-9-25(32)10-12-27)21-29(43-31(38)35-16-14-34(3)15-17-35)28(19-24-7-5-4-6-8-24)33-30(37)42-26-13-18-41-22-26/h4-12,23,26,28-29H,13-22,32H2,1-3H3,(H,33,37)/t26-,28-,29+/m0/s1. The minimum atomic E-state index is -4.02. The number of rotatable bonds is 12. The van der Waals surface area contributed by atoms with Crippen molar-refractivity contribution in [2.75, 3.05) is 65.3 Å². The molecule has 2 heterocycles. The van der Waals surface area contributed by atoms with Crippen molar-refractivity contribution in [1.29, 1.82) is 0 Å². The molecular weight excluding hydrogens is 586 g/mol. The minimum Gasteiger partial charge on any atom is -0.444 e. The summed E-state index contributed by atoms with van der Waals surface area (Å²) in [6.45, 7) is 6.94. The summed E-state index contributed by atoms with van der Waals surface area (Å²) in [6.07, 6.45) is -1.82. The molecule has 2 fully saturated rings. The number of carbonyl (C=O) groups excluding carboxylic acids is 2. The summed E-state index contributed by atoms with van der Waals surface area (Å²) in [4.78, 5) is 30.5. The van der Waals surface area contributed by atoms with Crippen LogP contribution in [-0.4, -0.2) is 112 Å². The van der Waals surface area contributed by atoms with Crippen LogP contribution in [0.2, 0.25) is 0 Å². The van der Waals surface area contributed by atoms with E-state index in [-0.39, 0.29) is 36.4 Å². The number of likely N-dealkylation sites (N-methyl/N-ethyl adjacent to an activating group) is 1. The second kappa shape index (κ2) is 15.6. The van der Waals surface area contributed by atoms with Gasteiger partial charge in [0, 0.05) is 44.8 Å². The van der Waals surface area contributed by atoms with E-state index in [0.717, 1.165) is 5.56 Å². The summed E-state index contributed by atoms with van der Waals surface area (Å²) in [5.74, 6) is -0.0413. The molecule has 2 saturated heterocycles. The van der Waals surface area contributed by atoms with E-state index in [4.69, 9.17) is 19.9 Å². The number of carbonyl (C=O) groups is 2. The zero-order valence-electron chi connectivity index (χ0n) is 25.8. The van der Waals surface area contributed by atoms with Crippen LogP contribution in [0.4, 0.5) is 15.3 Å². The first-order valence-corrected chi connectivity index (χ1v) is 16.5. The summed E-state index contributed by atoms with van der Waals surface area (Å²) in [5.41, 5.74) is 7.14. The van der Waals surface area contributed by atoms with Crippen molar-refractivity contribution in [2.24, 2.45) is 5.92 Å². The van der Waals surface area contributed by atoms with Crippen molar-refractivity contribution in [2.45, 2.75) is 49.8 Å². The van der Waals surface area contributed by atoms with Gasteiger partial charge in [0.2, 0.25) is 10.0 Å². The Balaban J connectivity index is 1.67. The van der Waals surface area contributed by atoms with Gasteiger partial charge < -0.3 is 35.1 Å². The van der Waals surface area contributed by atoms with Crippen LogP contribution < -0.4 is 11.1 Å².